The van der Waals surface area contributed by atoms with E-state index < -0.39 is 0 Å². The maximum atomic E-state index is 12.1. The van der Waals surface area contributed by atoms with E-state index in [4.69, 9.17) is 4.74 Å². The monoisotopic (exact) mass is 262 g/mol. The standard InChI is InChI=1S/C15H22N2O2/c1-3-16-10-12-5-4-6-13(9-12)17-15(18)14-11(2)7-8-19-14/h4-6,9,11,14,16H,3,7-8,10H2,1-2H3,(H,17,18). The van der Waals surface area contributed by atoms with Crippen molar-refractivity contribution in [3.8, 4) is 0 Å². The average Bonchev–Trinajstić information content (AvgIpc) is 2.83. The Hall–Kier alpha value is -1.39. The molecule has 0 aromatic heterocycles. The van der Waals surface area contributed by atoms with Crippen LogP contribution in [0.5, 0.6) is 0 Å². The largest absolute Gasteiger partial charge is 0.368 e. The molecule has 4 heteroatoms. The maximum absolute atomic E-state index is 12.1. The van der Waals surface area contributed by atoms with Gasteiger partial charge >= 0.3 is 0 Å². The molecular formula is C15H22N2O2. The van der Waals surface area contributed by atoms with Crippen molar-refractivity contribution in [3.63, 3.8) is 0 Å². The molecule has 2 atom stereocenters. The molecule has 1 saturated heterocycles. The van der Waals surface area contributed by atoms with Gasteiger partial charge in [0.1, 0.15) is 6.10 Å². The highest BCUT2D eigenvalue weighted by Gasteiger charge is 2.30. The first kappa shape index (κ1) is 14.0. The molecule has 1 aliphatic heterocycles. The van der Waals surface area contributed by atoms with E-state index in [2.05, 4.69) is 24.5 Å². The first-order valence-corrected chi connectivity index (χ1v) is 6.93. The Morgan fingerprint density at radius 2 is 2.32 bits per heavy atom. The normalized spacial score (nSPS) is 22.4. The Morgan fingerprint density at radius 3 is 3.00 bits per heavy atom. The predicted octanol–water partition coefficient (Wildman–Crippen LogP) is 2.16. The molecule has 2 N–H and O–H groups in total. The topological polar surface area (TPSA) is 50.4 Å². The van der Waals surface area contributed by atoms with Crippen molar-refractivity contribution in [3.05, 3.63) is 29.8 Å². The van der Waals surface area contributed by atoms with Crippen molar-refractivity contribution in [2.45, 2.75) is 32.9 Å². The Kier molecular flexibility index (Phi) is 4.93. The van der Waals surface area contributed by atoms with Crippen molar-refractivity contribution < 1.29 is 9.53 Å². The van der Waals surface area contributed by atoms with Crippen LogP contribution in [-0.2, 0) is 16.1 Å². The number of rotatable bonds is 5. The van der Waals surface area contributed by atoms with Crippen LogP contribution in [0.2, 0.25) is 0 Å². The van der Waals surface area contributed by atoms with Gasteiger partial charge in [-0.1, -0.05) is 26.0 Å². The molecule has 19 heavy (non-hydrogen) atoms. The summed E-state index contributed by atoms with van der Waals surface area (Å²) in [5.74, 6) is 0.260. The number of carbonyl (C=O) groups is 1. The SMILES string of the molecule is CCNCc1cccc(NC(=O)C2OCCC2C)c1. The van der Waals surface area contributed by atoms with Crippen LogP contribution in [0.1, 0.15) is 25.8 Å². The number of nitrogens with one attached hydrogen (secondary N) is 2. The van der Waals surface area contributed by atoms with Crippen molar-refractivity contribution in [2.24, 2.45) is 5.92 Å². The molecular weight excluding hydrogens is 240 g/mol. The third-order valence-electron chi connectivity index (χ3n) is 3.42. The minimum atomic E-state index is -0.308. The molecule has 2 unspecified atom stereocenters. The third-order valence-corrected chi connectivity index (χ3v) is 3.42. The Morgan fingerprint density at radius 1 is 1.47 bits per heavy atom. The van der Waals surface area contributed by atoms with Gasteiger partial charge < -0.3 is 15.4 Å². The summed E-state index contributed by atoms with van der Waals surface area (Å²) in [6, 6.07) is 7.92. The molecule has 1 aromatic rings. The van der Waals surface area contributed by atoms with E-state index >= 15 is 0 Å². The highest BCUT2D eigenvalue weighted by atomic mass is 16.5. The van der Waals surface area contributed by atoms with Gasteiger partial charge in [0.25, 0.3) is 5.91 Å². The number of hydrogen-bond donors (Lipinski definition) is 2. The van der Waals surface area contributed by atoms with Crippen molar-refractivity contribution in [2.75, 3.05) is 18.5 Å². The van der Waals surface area contributed by atoms with Crippen LogP contribution in [0.3, 0.4) is 0 Å². The molecule has 0 spiro atoms. The Bertz CT molecular complexity index is 434. The van der Waals surface area contributed by atoms with Gasteiger partial charge in [-0.2, -0.15) is 0 Å². The van der Waals surface area contributed by atoms with Crippen molar-refractivity contribution >= 4 is 11.6 Å². The summed E-state index contributed by atoms with van der Waals surface area (Å²) in [4.78, 5) is 12.1. The molecule has 1 amide bonds. The molecule has 1 heterocycles. The highest BCUT2D eigenvalue weighted by molar-refractivity contribution is 5.94. The lowest BCUT2D eigenvalue weighted by Gasteiger charge is -2.15. The summed E-state index contributed by atoms with van der Waals surface area (Å²) < 4.78 is 5.47. The Balaban J connectivity index is 1.96. The summed E-state index contributed by atoms with van der Waals surface area (Å²) in [5.41, 5.74) is 2.00. The van der Waals surface area contributed by atoms with Crippen LogP contribution < -0.4 is 10.6 Å². The number of hydrogen-bond acceptors (Lipinski definition) is 3. The van der Waals surface area contributed by atoms with Gasteiger partial charge in [0.05, 0.1) is 0 Å². The van der Waals surface area contributed by atoms with Crippen LogP contribution in [-0.4, -0.2) is 25.2 Å². The van der Waals surface area contributed by atoms with E-state index in [9.17, 15) is 4.79 Å². The highest BCUT2D eigenvalue weighted by Crippen LogP contribution is 2.21. The smallest absolute Gasteiger partial charge is 0.253 e. The molecule has 1 aromatic carbocycles. The van der Waals surface area contributed by atoms with Crippen LogP contribution in [0.25, 0.3) is 0 Å². The fraction of sp³-hybridized carbons (Fsp3) is 0.533. The van der Waals surface area contributed by atoms with Crippen LogP contribution in [0.4, 0.5) is 5.69 Å². The van der Waals surface area contributed by atoms with E-state index in [-0.39, 0.29) is 12.0 Å². The van der Waals surface area contributed by atoms with E-state index in [1.54, 1.807) is 0 Å². The minimum Gasteiger partial charge on any atom is -0.368 e. The first-order valence-electron chi connectivity index (χ1n) is 6.93. The van der Waals surface area contributed by atoms with Crippen molar-refractivity contribution in [1.29, 1.82) is 0 Å². The second-order valence-corrected chi connectivity index (χ2v) is 5.03. The first-order chi connectivity index (χ1) is 9.20. The number of ether oxygens (including phenoxy) is 1. The van der Waals surface area contributed by atoms with Gasteiger partial charge in [-0.15, -0.1) is 0 Å². The molecule has 0 aliphatic carbocycles. The van der Waals surface area contributed by atoms with Gasteiger partial charge in [-0.05, 0) is 36.6 Å². The second-order valence-electron chi connectivity index (χ2n) is 5.03. The molecule has 1 fully saturated rings. The van der Waals surface area contributed by atoms with Gasteiger partial charge in [0, 0.05) is 18.8 Å². The van der Waals surface area contributed by atoms with Gasteiger partial charge in [0.2, 0.25) is 0 Å². The van der Waals surface area contributed by atoms with Crippen molar-refractivity contribution in [1.82, 2.24) is 5.32 Å². The Labute approximate surface area is 114 Å². The molecule has 0 bridgehead atoms. The summed E-state index contributed by atoms with van der Waals surface area (Å²) >= 11 is 0. The van der Waals surface area contributed by atoms with Gasteiger partial charge in [-0.25, -0.2) is 0 Å². The summed E-state index contributed by atoms with van der Waals surface area (Å²) in [5, 5.41) is 6.21. The number of anilines is 1. The number of carbonyl (C=O) groups excluding carboxylic acids is 1. The molecule has 104 valence electrons. The van der Waals surface area contributed by atoms with E-state index in [1.807, 2.05) is 24.3 Å². The molecule has 1 aliphatic rings. The van der Waals surface area contributed by atoms with Crippen LogP contribution in [0.15, 0.2) is 24.3 Å². The van der Waals surface area contributed by atoms with Gasteiger partial charge in [0.15, 0.2) is 0 Å². The van der Waals surface area contributed by atoms with E-state index in [1.165, 1.54) is 5.56 Å². The molecule has 0 radical (unpaired) electrons. The maximum Gasteiger partial charge on any atom is 0.253 e. The number of benzene rings is 1. The summed E-state index contributed by atoms with van der Waals surface area (Å²) in [6.07, 6.45) is 0.649. The summed E-state index contributed by atoms with van der Waals surface area (Å²) in [6.45, 7) is 6.56. The second kappa shape index (κ2) is 6.68. The zero-order chi connectivity index (χ0) is 13.7. The summed E-state index contributed by atoms with van der Waals surface area (Å²) in [7, 11) is 0. The lowest BCUT2D eigenvalue weighted by Crippen LogP contribution is -2.31. The van der Waals surface area contributed by atoms with Crippen LogP contribution >= 0.6 is 0 Å². The fourth-order valence-corrected chi connectivity index (χ4v) is 2.27. The third kappa shape index (κ3) is 3.78. The fourth-order valence-electron chi connectivity index (χ4n) is 2.27. The molecule has 0 saturated carbocycles. The predicted molar refractivity (Wildman–Crippen MR) is 76.0 cm³/mol. The molecule has 2 rings (SSSR count). The van der Waals surface area contributed by atoms with Gasteiger partial charge in [-0.3, -0.25) is 4.79 Å². The van der Waals surface area contributed by atoms with E-state index in [0.29, 0.717) is 12.5 Å². The van der Waals surface area contributed by atoms with Crippen LogP contribution in [0, 0.1) is 5.92 Å². The van der Waals surface area contributed by atoms with E-state index in [0.717, 1.165) is 25.2 Å². The number of amides is 1. The zero-order valence-corrected chi connectivity index (χ0v) is 11.6. The lowest BCUT2D eigenvalue weighted by atomic mass is 10.0. The lowest BCUT2D eigenvalue weighted by molar-refractivity contribution is -0.126. The molecule has 4 nitrogen and oxygen atoms in total. The quantitative estimate of drug-likeness (QED) is 0.855. The average molecular weight is 262 g/mol. The zero-order valence-electron chi connectivity index (χ0n) is 11.6. The minimum absolute atomic E-state index is 0.0365.